The van der Waals surface area contributed by atoms with Gasteiger partial charge in [0.1, 0.15) is 17.2 Å². The van der Waals surface area contributed by atoms with E-state index in [1.807, 2.05) is 30.8 Å². The van der Waals surface area contributed by atoms with E-state index in [9.17, 15) is 13.6 Å². The highest BCUT2D eigenvalue weighted by Gasteiger charge is 2.34. The fourth-order valence-corrected chi connectivity index (χ4v) is 4.43. The first-order valence-corrected chi connectivity index (χ1v) is 11.7. The lowest BCUT2D eigenvalue weighted by atomic mass is 10.1. The van der Waals surface area contributed by atoms with E-state index in [-0.39, 0.29) is 24.2 Å². The first-order valence-electron chi connectivity index (χ1n) is 11.7. The molecule has 4 aromatic rings. The molecular weight excluding hydrogens is 482 g/mol. The molecule has 1 aliphatic heterocycles. The molecule has 192 valence electrons. The highest BCUT2D eigenvalue weighted by molar-refractivity contribution is 5.95. The lowest BCUT2D eigenvalue weighted by Crippen LogP contribution is -2.49. The summed E-state index contributed by atoms with van der Waals surface area (Å²) in [6.45, 7) is 2.77. The summed E-state index contributed by atoms with van der Waals surface area (Å²) in [6.07, 6.45) is 2.61. The molecule has 0 radical (unpaired) electrons. The number of carbonyl (C=O) groups is 1. The average Bonchev–Trinajstić information content (AvgIpc) is 3.49. The fraction of sp³-hybridized carbons (Fsp3) is 0.320. The Hall–Kier alpha value is -4.19. The Bertz CT molecular complexity index is 1430. The van der Waals surface area contributed by atoms with Gasteiger partial charge in [0.05, 0.1) is 36.8 Å². The van der Waals surface area contributed by atoms with Gasteiger partial charge in [-0.05, 0) is 30.7 Å². The summed E-state index contributed by atoms with van der Waals surface area (Å²) in [4.78, 5) is 28.3. The summed E-state index contributed by atoms with van der Waals surface area (Å²) in [5, 5.41) is 7.29. The quantitative estimate of drug-likeness (QED) is 0.387. The summed E-state index contributed by atoms with van der Waals surface area (Å²) in [7, 11) is 3.38. The number of nitrogens with zero attached hydrogens (tertiary/aromatic N) is 7. The van der Waals surface area contributed by atoms with Gasteiger partial charge in [0.15, 0.2) is 0 Å². The molecule has 0 aliphatic carbocycles. The number of nitrogens with one attached hydrogen (secondary N) is 1. The molecule has 0 aromatic carbocycles. The van der Waals surface area contributed by atoms with Crippen LogP contribution in [-0.4, -0.2) is 59.9 Å². The number of carbonyl (C=O) groups excluding carboxylic acids is 1. The number of alkyl halides is 2. The average molecular weight is 509 g/mol. The van der Waals surface area contributed by atoms with Crippen molar-refractivity contribution in [1.29, 1.82) is 0 Å². The van der Waals surface area contributed by atoms with Crippen molar-refractivity contribution in [2.75, 3.05) is 19.0 Å². The Kier molecular flexibility index (Phi) is 6.66. The SMILES string of the molecule is COC[C@H]1Cn2cc(-c3nc(Nc4ccnn4C)ncc3C)cc2C(=O)N1Cc1cccc(C(F)F)n1. The number of amides is 1. The van der Waals surface area contributed by atoms with Crippen molar-refractivity contribution in [2.24, 2.45) is 7.05 Å². The Balaban J connectivity index is 1.45. The zero-order chi connectivity index (χ0) is 26.1. The van der Waals surface area contributed by atoms with Gasteiger partial charge in [-0.3, -0.25) is 9.48 Å². The lowest BCUT2D eigenvalue weighted by molar-refractivity contribution is 0.0384. The van der Waals surface area contributed by atoms with Crippen molar-refractivity contribution in [1.82, 2.24) is 34.2 Å². The molecule has 0 saturated heterocycles. The van der Waals surface area contributed by atoms with Crippen LogP contribution in [0.25, 0.3) is 11.3 Å². The molecule has 1 atom stereocenters. The molecular formula is C25H26F2N8O2. The molecule has 0 spiro atoms. The number of fused-ring (bicyclic) bond motifs is 1. The Morgan fingerprint density at radius 3 is 2.81 bits per heavy atom. The van der Waals surface area contributed by atoms with Crippen molar-refractivity contribution in [3.8, 4) is 11.3 Å². The normalized spacial score (nSPS) is 15.4. The van der Waals surface area contributed by atoms with E-state index in [0.717, 1.165) is 16.9 Å². The number of hydrogen-bond acceptors (Lipinski definition) is 7. The Morgan fingerprint density at radius 2 is 2.08 bits per heavy atom. The largest absolute Gasteiger partial charge is 0.382 e. The van der Waals surface area contributed by atoms with Gasteiger partial charge < -0.3 is 19.5 Å². The molecule has 12 heteroatoms. The smallest absolute Gasteiger partial charge is 0.280 e. The van der Waals surface area contributed by atoms with Crippen molar-refractivity contribution < 1.29 is 18.3 Å². The third-order valence-electron chi connectivity index (χ3n) is 6.27. The van der Waals surface area contributed by atoms with Gasteiger partial charge in [-0.25, -0.2) is 23.7 Å². The highest BCUT2D eigenvalue weighted by Crippen LogP contribution is 2.29. The molecule has 5 rings (SSSR count). The van der Waals surface area contributed by atoms with Gasteiger partial charge in [-0.15, -0.1) is 0 Å². The van der Waals surface area contributed by atoms with Gasteiger partial charge in [0, 0.05) is 44.7 Å². The van der Waals surface area contributed by atoms with Gasteiger partial charge in [0.2, 0.25) is 5.95 Å². The topological polar surface area (TPSA) is 103 Å². The number of aryl methyl sites for hydroxylation is 2. The molecule has 5 heterocycles. The first kappa shape index (κ1) is 24.5. The maximum atomic E-state index is 13.6. The predicted molar refractivity (Wildman–Crippen MR) is 131 cm³/mol. The van der Waals surface area contributed by atoms with E-state index in [1.54, 1.807) is 41.2 Å². The van der Waals surface area contributed by atoms with E-state index >= 15 is 0 Å². The summed E-state index contributed by atoms with van der Waals surface area (Å²) >= 11 is 0. The number of pyridine rings is 1. The Morgan fingerprint density at radius 1 is 1.24 bits per heavy atom. The second-order valence-electron chi connectivity index (χ2n) is 8.85. The molecule has 37 heavy (non-hydrogen) atoms. The van der Waals surface area contributed by atoms with Crippen LogP contribution in [0.15, 0.2) is 48.9 Å². The molecule has 0 bridgehead atoms. The maximum Gasteiger partial charge on any atom is 0.280 e. The monoisotopic (exact) mass is 508 g/mol. The van der Waals surface area contributed by atoms with E-state index < -0.39 is 6.43 Å². The van der Waals surface area contributed by atoms with Crippen molar-refractivity contribution >= 4 is 17.7 Å². The molecule has 10 nitrogen and oxygen atoms in total. The number of methoxy groups -OCH3 is 1. The number of halogens is 2. The minimum absolute atomic E-state index is 0.0965. The molecule has 1 N–H and O–H groups in total. The van der Waals surface area contributed by atoms with Crippen LogP contribution >= 0.6 is 0 Å². The third-order valence-corrected chi connectivity index (χ3v) is 6.27. The molecule has 0 unspecified atom stereocenters. The van der Waals surface area contributed by atoms with Crippen LogP contribution in [0.4, 0.5) is 20.5 Å². The number of anilines is 2. The standard InChI is InChI=1S/C25H26F2N8O2/c1-15-10-28-25(31-21-7-8-29-33(21)2)32-22(15)16-9-20-24(36)35(18(14-37-3)13-34(20)11-16)12-17-5-4-6-19(30-17)23(26)27/h4-11,18,23H,12-14H2,1-3H3,(H,28,31,32)/t18-/m1/s1. The van der Waals surface area contributed by atoms with E-state index in [4.69, 9.17) is 4.74 Å². The molecule has 4 aromatic heterocycles. The van der Waals surface area contributed by atoms with Gasteiger partial charge in [0.25, 0.3) is 12.3 Å². The van der Waals surface area contributed by atoms with E-state index in [0.29, 0.717) is 36.2 Å². The molecule has 0 saturated carbocycles. The van der Waals surface area contributed by atoms with E-state index in [1.165, 1.54) is 12.1 Å². The van der Waals surface area contributed by atoms with Crippen LogP contribution in [0.3, 0.4) is 0 Å². The number of aromatic nitrogens is 6. The first-order chi connectivity index (χ1) is 17.8. The van der Waals surface area contributed by atoms with Crippen LogP contribution in [0.5, 0.6) is 0 Å². The number of ether oxygens (including phenoxy) is 1. The minimum Gasteiger partial charge on any atom is -0.382 e. The predicted octanol–water partition coefficient (Wildman–Crippen LogP) is 3.73. The summed E-state index contributed by atoms with van der Waals surface area (Å²) in [5.41, 5.74) is 2.87. The van der Waals surface area contributed by atoms with E-state index in [2.05, 4.69) is 25.4 Å². The van der Waals surface area contributed by atoms with Crippen molar-refractivity contribution in [3.05, 3.63) is 71.6 Å². The lowest BCUT2D eigenvalue weighted by Gasteiger charge is -2.36. The Labute approximate surface area is 211 Å². The zero-order valence-corrected chi connectivity index (χ0v) is 20.6. The molecule has 0 fully saturated rings. The van der Waals surface area contributed by atoms with Crippen LogP contribution in [0.1, 0.15) is 33.9 Å². The van der Waals surface area contributed by atoms with Crippen LogP contribution < -0.4 is 5.32 Å². The molecule has 1 aliphatic rings. The van der Waals surface area contributed by atoms with Crippen LogP contribution in [-0.2, 0) is 24.9 Å². The minimum atomic E-state index is -2.68. The van der Waals surface area contributed by atoms with Gasteiger partial charge in [-0.1, -0.05) is 6.07 Å². The summed E-state index contributed by atoms with van der Waals surface area (Å²) in [6, 6.07) is 7.76. The second kappa shape index (κ2) is 10.1. The third kappa shape index (κ3) is 4.92. The van der Waals surface area contributed by atoms with Crippen LogP contribution in [0.2, 0.25) is 0 Å². The molecule has 1 amide bonds. The second-order valence-corrected chi connectivity index (χ2v) is 8.85. The summed E-state index contributed by atoms with van der Waals surface area (Å²) in [5.74, 6) is 0.913. The number of rotatable bonds is 8. The zero-order valence-electron chi connectivity index (χ0n) is 20.6. The number of hydrogen-bond donors (Lipinski definition) is 1. The van der Waals surface area contributed by atoms with Crippen LogP contribution in [0, 0.1) is 6.92 Å². The van der Waals surface area contributed by atoms with Gasteiger partial charge in [-0.2, -0.15) is 5.10 Å². The fourth-order valence-electron chi connectivity index (χ4n) is 4.43. The summed E-state index contributed by atoms with van der Waals surface area (Å²) < 4.78 is 35.3. The van der Waals surface area contributed by atoms with Crippen molar-refractivity contribution in [3.63, 3.8) is 0 Å². The van der Waals surface area contributed by atoms with Gasteiger partial charge >= 0.3 is 0 Å². The highest BCUT2D eigenvalue weighted by atomic mass is 19.3. The van der Waals surface area contributed by atoms with Crippen molar-refractivity contribution in [2.45, 2.75) is 32.5 Å². The maximum absolute atomic E-state index is 13.6.